The molecule has 0 radical (unpaired) electrons. The molecule has 0 aliphatic rings. The van der Waals surface area contributed by atoms with Crippen molar-refractivity contribution in [2.75, 3.05) is 11.1 Å². The van der Waals surface area contributed by atoms with Crippen LogP contribution in [0, 0.1) is 13.8 Å². The maximum atomic E-state index is 12.3. The molecule has 0 atom stereocenters. The Morgan fingerprint density at radius 3 is 2.50 bits per heavy atom. The number of carbonyl (C=O) groups is 1. The van der Waals surface area contributed by atoms with Gasteiger partial charge in [0.2, 0.25) is 0 Å². The van der Waals surface area contributed by atoms with E-state index >= 15 is 0 Å². The molecule has 2 rings (SSSR count). The van der Waals surface area contributed by atoms with Gasteiger partial charge in [0, 0.05) is 16.9 Å². The minimum Gasteiger partial charge on any atom is -0.398 e. The van der Waals surface area contributed by atoms with Gasteiger partial charge < -0.3 is 11.1 Å². The van der Waals surface area contributed by atoms with Crippen LogP contribution in [0.2, 0.25) is 0 Å². The van der Waals surface area contributed by atoms with Gasteiger partial charge in [-0.25, -0.2) is 0 Å². The van der Waals surface area contributed by atoms with E-state index in [9.17, 15) is 4.79 Å². The quantitative estimate of drug-likeness (QED) is 0.834. The maximum absolute atomic E-state index is 12.3. The summed E-state index contributed by atoms with van der Waals surface area (Å²) >= 11 is 0. The number of anilines is 2. The first-order chi connectivity index (χ1) is 9.51. The molecule has 3 nitrogen and oxygen atoms in total. The Hall–Kier alpha value is -2.29. The average Bonchev–Trinajstić information content (AvgIpc) is 2.38. The highest BCUT2D eigenvalue weighted by Gasteiger charge is 2.09. The van der Waals surface area contributed by atoms with E-state index in [-0.39, 0.29) is 5.91 Å². The fourth-order valence-electron chi connectivity index (χ4n) is 2.26. The monoisotopic (exact) mass is 268 g/mol. The van der Waals surface area contributed by atoms with Crippen LogP contribution >= 0.6 is 0 Å². The number of benzene rings is 2. The summed E-state index contributed by atoms with van der Waals surface area (Å²) in [5.41, 5.74) is 11.3. The van der Waals surface area contributed by atoms with Gasteiger partial charge in [-0.05, 0) is 49.6 Å². The number of carbonyl (C=O) groups excluding carboxylic acids is 1. The number of rotatable bonds is 3. The predicted molar refractivity (Wildman–Crippen MR) is 84.1 cm³/mol. The molecule has 3 N–H and O–H groups in total. The molecule has 0 fully saturated rings. The van der Waals surface area contributed by atoms with Crippen molar-refractivity contribution < 1.29 is 4.79 Å². The van der Waals surface area contributed by atoms with Gasteiger partial charge in [0.15, 0.2) is 0 Å². The van der Waals surface area contributed by atoms with Crippen molar-refractivity contribution in [3.05, 3.63) is 58.7 Å². The molecule has 0 heterocycles. The summed E-state index contributed by atoms with van der Waals surface area (Å²) in [7, 11) is 0. The van der Waals surface area contributed by atoms with Crippen molar-refractivity contribution in [2.45, 2.75) is 27.2 Å². The van der Waals surface area contributed by atoms with Gasteiger partial charge in [-0.15, -0.1) is 0 Å². The number of hydrogen-bond donors (Lipinski definition) is 2. The molecule has 0 unspecified atom stereocenters. The lowest BCUT2D eigenvalue weighted by atomic mass is 10.0. The van der Waals surface area contributed by atoms with Crippen LogP contribution in [0.4, 0.5) is 11.4 Å². The molecule has 104 valence electrons. The zero-order valence-corrected chi connectivity index (χ0v) is 12.2. The molecular formula is C17H20N2O. The highest BCUT2D eigenvalue weighted by molar-refractivity contribution is 6.05. The van der Waals surface area contributed by atoms with Gasteiger partial charge in [-0.1, -0.05) is 30.7 Å². The molecule has 0 aromatic heterocycles. The average molecular weight is 268 g/mol. The Kier molecular flexibility index (Phi) is 4.08. The van der Waals surface area contributed by atoms with Gasteiger partial charge in [0.25, 0.3) is 5.91 Å². The predicted octanol–water partition coefficient (Wildman–Crippen LogP) is 3.70. The van der Waals surface area contributed by atoms with Gasteiger partial charge in [-0.3, -0.25) is 4.79 Å². The summed E-state index contributed by atoms with van der Waals surface area (Å²) in [6, 6.07) is 11.4. The van der Waals surface area contributed by atoms with Gasteiger partial charge in [0.05, 0.1) is 0 Å². The van der Waals surface area contributed by atoms with Crippen molar-refractivity contribution >= 4 is 17.3 Å². The van der Waals surface area contributed by atoms with E-state index in [0.717, 1.165) is 28.8 Å². The second-order valence-corrected chi connectivity index (χ2v) is 5.04. The Bertz CT molecular complexity index is 647. The lowest BCUT2D eigenvalue weighted by molar-refractivity contribution is 0.102. The van der Waals surface area contributed by atoms with Crippen molar-refractivity contribution in [3.63, 3.8) is 0 Å². The zero-order chi connectivity index (χ0) is 14.7. The van der Waals surface area contributed by atoms with Crippen LogP contribution in [-0.2, 0) is 6.42 Å². The second-order valence-electron chi connectivity index (χ2n) is 5.04. The highest BCUT2D eigenvalue weighted by Crippen LogP contribution is 2.20. The summed E-state index contributed by atoms with van der Waals surface area (Å²) in [5.74, 6) is -0.105. The molecule has 0 saturated carbocycles. The van der Waals surface area contributed by atoms with E-state index in [0.29, 0.717) is 11.3 Å². The van der Waals surface area contributed by atoms with E-state index in [1.807, 2.05) is 44.2 Å². The molecule has 2 aromatic carbocycles. The Morgan fingerprint density at radius 1 is 1.15 bits per heavy atom. The molecule has 3 heteroatoms. The van der Waals surface area contributed by atoms with E-state index in [1.54, 1.807) is 6.07 Å². The van der Waals surface area contributed by atoms with Gasteiger partial charge in [-0.2, -0.15) is 0 Å². The first kappa shape index (κ1) is 14.1. The molecule has 0 spiro atoms. The van der Waals surface area contributed by atoms with Crippen LogP contribution in [0.25, 0.3) is 0 Å². The fourth-order valence-corrected chi connectivity index (χ4v) is 2.26. The fraction of sp³-hybridized carbons (Fsp3) is 0.235. The normalized spacial score (nSPS) is 10.3. The molecule has 20 heavy (non-hydrogen) atoms. The molecular weight excluding hydrogens is 248 g/mol. The van der Waals surface area contributed by atoms with Crippen LogP contribution in [0.5, 0.6) is 0 Å². The van der Waals surface area contributed by atoms with E-state index in [2.05, 4.69) is 12.2 Å². The van der Waals surface area contributed by atoms with Crippen molar-refractivity contribution in [1.29, 1.82) is 0 Å². The Labute approximate surface area is 119 Å². The second kappa shape index (κ2) is 5.78. The largest absolute Gasteiger partial charge is 0.398 e. The topological polar surface area (TPSA) is 55.1 Å². The smallest absolute Gasteiger partial charge is 0.255 e. The molecule has 2 aromatic rings. The van der Waals surface area contributed by atoms with Crippen LogP contribution in [-0.4, -0.2) is 5.91 Å². The molecule has 0 aliphatic carbocycles. The van der Waals surface area contributed by atoms with E-state index < -0.39 is 0 Å². The molecule has 0 saturated heterocycles. The summed E-state index contributed by atoms with van der Waals surface area (Å²) in [5, 5.41) is 2.89. The summed E-state index contributed by atoms with van der Waals surface area (Å²) < 4.78 is 0. The molecule has 1 amide bonds. The number of nitrogen functional groups attached to an aromatic ring is 1. The van der Waals surface area contributed by atoms with Crippen LogP contribution < -0.4 is 11.1 Å². The van der Waals surface area contributed by atoms with Crippen LogP contribution in [0.1, 0.15) is 34.0 Å². The third-order valence-electron chi connectivity index (χ3n) is 3.41. The lowest BCUT2D eigenvalue weighted by Crippen LogP contribution is -2.13. The lowest BCUT2D eigenvalue weighted by Gasteiger charge is -2.10. The minimum absolute atomic E-state index is 0.105. The Morgan fingerprint density at radius 2 is 1.90 bits per heavy atom. The van der Waals surface area contributed by atoms with Gasteiger partial charge in [0.1, 0.15) is 0 Å². The number of amides is 1. The number of nitrogens with one attached hydrogen (secondary N) is 1. The Balaban J connectivity index is 2.21. The minimum atomic E-state index is -0.105. The number of hydrogen-bond acceptors (Lipinski definition) is 2. The summed E-state index contributed by atoms with van der Waals surface area (Å²) in [4.78, 5) is 12.3. The van der Waals surface area contributed by atoms with Crippen LogP contribution in [0.15, 0.2) is 36.4 Å². The van der Waals surface area contributed by atoms with E-state index in [4.69, 9.17) is 5.73 Å². The van der Waals surface area contributed by atoms with E-state index in [1.165, 1.54) is 0 Å². The van der Waals surface area contributed by atoms with Gasteiger partial charge >= 0.3 is 0 Å². The third-order valence-corrected chi connectivity index (χ3v) is 3.41. The SMILES string of the molecule is CCc1ccc(NC(=O)c2ccc(C)cc2C)cc1N. The van der Waals surface area contributed by atoms with Crippen molar-refractivity contribution in [2.24, 2.45) is 0 Å². The summed E-state index contributed by atoms with van der Waals surface area (Å²) in [6.07, 6.45) is 0.886. The zero-order valence-electron chi connectivity index (χ0n) is 12.2. The number of aryl methyl sites for hydroxylation is 3. The molecule has 0 aliphatic heterocycles. The van der Waals surface area contributed by atoms with Crippen molar-refractivity contribution in [1.82, 2.24) is 0 Å². The standard InChI is InChI=1S/C17H20N2O/c1-4-13-6-7-14(10-16(13)18)19-17(20)15-8-5-11(2)9-12(15)3/h5-10H,4,18H2,1-3H3,(H,19,20). The third kappa shape index (κ3) is 2.99. The van der Waals surface area contributed by atoms with Crippen LogP contribution in [0.3, 0.4) is 0 Å². The first-order valence-corrected chi connectivity index (χ1v) is 6.78. The van der Waals surface area contributed by atoms with Crippen molar-refractivity contribution in [3.8, 4) is 0 Å². The maximum Gasteiger partial charge on any atom is 0.255 e. The molecule has 0 bridgehead atoms. The highest BCUT2D eigenvalue weighted by atomic mass is 16.1. The summed E-state index contributed by atoms with van der Waals surface area (Å²) in [6.45, 7) is 6.01. The first-order valence-electron chi connectivity index (χ1n) is 6.78. The number of nitrogens with two attached hydrogens (primary N) is 1.